The summed E-state index contributed by atoms with van der Waals surface area (Å²) in [7, 11) is -3.00. The Balaban J connectivity index is 2.66. The molecule has 0 aliphatic carbocycles. The molecule has 0 saturated heterocycles. The minimum Gasteiger partial charge on any atom is -0.433 e. The van der Waals surface area contributed by atoms with E-state index in [2.05, 4.69) is 5.09 Å². The van der Waals surface area contributed by atoms with Crippen molar-refractivity contribution >= 4 is 13.3 Å². The summed E-state index contributed by atoms with van der Waals surface area (Å²) in [5.41, 5.74) is 0. The average Bonchev–Trinajstić information content (AvgIpc) is 2.17. The molecule has 16 heavy (non-hydrogen) atoms. The molecule has 0 radical (unpaired) electrons. The van der Waals surface area contributed by atoms with Crippen molar-refractivity contribution in [3.8, 4) is 5.75 Å². The highest BCUT2D eigenvalue weighted by molar-refractivity contribution is 7.56. The van der Waals surface area contributed by atoms with Crippen LogP contribution in [0.1, 0.15) is 13.8 Å². The fraction of sp³-hybridized carbons (Fsp3) is 0.364. The van der Waals surface area contributed by atoms with Crippen LogP contribution in [0.2, 0.25) is 0 Å². The Bertz CT molecular complexity index is 405. The molecule has 1 N–H and O–H groups in total. The van der Waals surface area contributed by atoms with E-state index in [1.165, 1.54) is 13.6 Å². The van der Waals surface area contributed by atoms with E-state index < -0.39 is 13.6 Å². The Morgan fingerprint density at radius 1 is 1.38 bits per heavy atom. The molecule has 0 aromatic heterocycles. The van der Waals surface area contributed by atoms with Gasteiger partial charge >= 0.3 is 7.52 Å². The van der Waals surface area contributed by atoms with E-state index in [0.29, 0.717) is 5.75 Å². The third kappa shape index (κ3) is 4.17. The summed E-state index contributed by atoms with van der Waals surface area (Å²) in [6.07, 6.45) is 0. The summed E-state index contributed by atoms with van der Waals surface area (Å²) in [6.45, 7) is 4.56. The number of benzene rings is 1. The summed E-state index contributed by atoms with van der Waals surface area (Å²) >= 11 is 0. The van der Waals surface area contributed by atoms with Gasteiger partial charge in [0.2, 0.25) is 0 Å². The van der Waals surface area contributed by atoms with Gasteiger partial charge in [0.1, 0.15) is 11.5 Å². The Labute approximate surface area is 95.5 Å². The van der Waals surface area contributed by atoms with Gasteiger partial charge in [-0.25, -0.2) is 5.09 Å². The van der Waals surface area contributed by atoms with Crippen LogP contribution in [-0.4, -0.2) is 18.5 Å². The number of nitrogens with one attached hydrogen (secondary N) is 1. The quantitative estimate of drug-likeness (QED) is 0.804. The zero-order valence-electron chi connectivity index (χ0n) is 9.64. The van der Waals surface area contributed by atoms with Crippen LogP contribution in [0, 0.1) is 0 Å². The molecule has 88 valence electrons. The van der Waals surface area contributed by atoms with Crippen molar-refractivity contribution in [3.63, 3.8) is 0 Å². The first-order valence-corrected chi connectivity index (χ1v) is 7.08. The Morgan fingerprint density at radius 3 is 2.44 bits per heavy atom. The van der Waals surface area contributed by atoms with Gasteiger partial charge in [0.05, 0.1) is 6.04 Å². The smallest absolute Gasteiger partial charge is 0.314 e. The van der Waals surface area contributed by atoms with E-state index in [9.17, 15) is 9.36 Å². The van der Waals surface area contributed by atoms with Gasteiger partial charge in [0.15, 0.2) is 0 Å². The predicted octanol–water partition coefficient (Wildman–Crippen LogP) is 2.46. The number of hydrogen-bond donors (Lipinski definition) is 1. The molecule has 0 aliphatic rings. The molecule has 0 spiro atoms. The van der Waals surface area contributed by atoms with Crippen molar-refractivity contribution in [2.45, 2.75) is 19.9 Å². The fourth-order valence-electron chi connectivity index (χ4n) is 1.15. The Hall–Kier alpha value is -1.12. The maximum Gasteiger partial charge on any atom is 0.314 e. The zero-order chi connectivity index (χ0) is 12.2. The normalized spacial score (nSPS) is 16.2. The van der Waals surface area contributed by atoms with Crippen molar-refractivity contribution in [2.24, 2.45) is 0 Å². The lowest BCUT2D eigenvalue weighted by molar-refractivity contribution is -0.118. The number of hydrogen-bond acceptors (Lipinski definition) is 3. The molecule has 5 heteroatoms. The second-order valence-electron chi connectivity index (χ2n) is 3.71. The number of Topliss-reactive ketones (excluding diaryl/α,β-unsaturated/α-hetero) is 1. The van der Waals surface area contributed by atoms with E-state index >= 15 is 0 Å². The maximum absolute atomic E-state index is 12.0. The molecule has 0 bridgehead atoms. The first kappa shape index (κ1) is 12.9. The number of ketones is 1. The Morgan fingerprint density at radius 2 is 1.94 bits per heavy atom. The van der Waals surface area contributed by atoms with E-state index in [0.717, 1.165) is 0 Å². The summed E-state index contributed by atoms with van der Waals surface area (Å²) in [6, 6.07) is 8.40. The molecule has 0 fully saturated rings. The molecule has 2 atom stereocenters. The number of para-hydroxylation sites is 1. The van der Waals surface area contributed by atoms with Crippen LogP contribution < -0.4 is 9.61 Å². The number of carbonyl (C=O) groups is 1. The Kier molecular flexibility index (Phi) is 4.27. The van der Waals surface area contributed by atoms with Gasteiger partial charge in [-0.3, -0.25) is 9.36 Å². The highest BCUT2D eigenvalue weighted by Crippen LogP contribution is 2.39. The monoisotopic (exact) mass is 241 g/mol. The fourth-order valence-corrected chi connectivity index (χ4v) is 2.61. The third-order valence-electron chi connectivity index (χ3n) is 2.06. The van der Waals surface area contributed by atoms with Gasteiger partial charge < -0.3 is 4.52 Å². The minimum atomic E-state index is -3.00. The first-order valence-electron chi connectivity index (χ1n) is 5.01. The van der Waals surface area contributed by atoms with Crippen LogP contribution in [0.3, 0.4) is 0 Å². The van der Waals surface area contributed by atoms with Crippen LogP contribution in [0.15, 0.2) is 30.3 Å². The molecule has 0 heterocycles. The van der Waals surface area contributed by atoms with Crippen LogP contribution in [0.5, 0.6) is 5.75 Å². The minimum absolute atomic E-state index is 0.0706. The van der Waals surface area contributed by atoms with Crippen LogP contribution in [-0.2, 0) is 9.36 Å². The predicted molar refractivity (Wildman–Crippen MR) is 63.9 cm³/mol. The lowest BCUT2D eigenvalue weighted by Crippen LogP contribution is -2.30. The summed E-state index contributed by atoms with van der Waals surface area (Å²) in [5, 5.41) is 2.69. The number of carbonyl (C=O) groups excluding carboxylic acids is 1. The highest BCUT2D eigenvalue weighted by Gasteiger charge is 2.22. The molecule has 0 saturated carbocycles. The summed E-state index contributed by atoms with van der Waals surface area (Å²) in [5.74, 6) is 0.454. The van der Waals surface area contributed by atoms with Crippen LogP contribution in [0.25, 0.3) is 0 Å². The third-order valence-corrected chi connectivity index (χ3v) is 3.48. The lowest BCUT2D eigenvalue weighted by Gasteiger charge is -2.19. The van der Waals surface area contributed by atoms with Crippen LogP contribution >= 0.6 is 7.52 Å². The zero-order valence-corrected chi connectivity index (χ0v) is 10.5. The molecule has 0 amide bonds. The van der Waals surface area contributed by atoms with Crippen molar-refractivity contribution in [3.05, 3.63) is 30.3 Å². The van der Waals surface area contributed by atoms with Gasteiger partial charge in [-0.2, -0.15) is 0 Å². The van der Waals surface area contributed by atoms with Gasteiger partial charge in [-0.15, -0.1) is 0 Å². The summed E-state index contributed by atoms with van der Waals surface area (Å²) < 4.78 is 17.3. The molecular weight excluding hydrogens is 225 g/mol. The van der Waals surface area contributed by atoms with E-state index in [4.69, 9.17) is 4.52 Å². The largest absolute Gasteiger partial charge is 0.433 e. The summed E-state index contributed by atoms with van der Waals surface area (Å²) in [4.78, 5) is 11.0. The SMILES string of the molecule is CC(=O)[C@H](C)NP(C)(=O)Oc1ccccc1. The highest BCUT2D eigenvalue weighted by atomic mass is 31.2. The van der Waals surface area contributed by atoms with Crippen LogP contribution in [0.4, 0.5) is 0 Å². The van der Waals surface area contributed by atoms with Gasteiger partial charge in [-0.05, 0) is 26.0 Å². The van der Waals surface area contributed by atoms with Crippen molar-refractivity contribution in [1.29, 1.82) is 0 Å². The molecule has 1 aromatic rings. The van der Waals surface area contributed by atoms with Gasteiger partial charge in [0.25, 0.3) is 0 Å². The molecule has 1 unspecified atom stereocenters. The van der Waals surface area contributed by atoms with Crippen molar-refractivity contribution < 1.29 is 13.9 Å². The van der Waals surface area contributed by atoms with E-state index in [1.54, 1.807) is 31.2 Å². The van der Waals surface area contributed by atoms with Gasteiger partial charge in [0, 0.05) is 6.66 Å². The molecule has 1 rings (SSSR count). The maximum atomic E-state index is 12.0. The van der Waals surface area contributed by atoms with Gasteiger partial charge in [-0.1, -0.05) is 18.2 Å². The molecule has 1 aromatic carbocycles. The van der Waals surface area contributed by atoms with E-state index in [-0.39, 0.29) is 5.78 Å². The van der Waals surface area contributed by atoms with Crippen molar-refractivity contribution in [1.82, 2.24) is 5.09 Å². The topological polar surface area (TPSA) is 55.4 Å². The standard InChI is InChI=1S/C11H16NO3P/c1-9(10(2)13)12-16(3,14)15-11-7-5-4-6-8-11/h4-9H,1-3H3,(H,12,14)/t9-,16?/m0/s1. The lowest BCUT2D eigenvalue weighted by atomic mass is 10.3. The first-order chi connectivity index (χ1) is 7.41. The molecule has 0 aliphatic heterocycles. The molecule has 4 nitrogen and oxygen atoms in total. The second kappa shape index (κ2) is 5.28. The second-order valence-corrected chi connectivity index (χ2v) is 5.84. The van der Waals surface area contributed by atoms with Crippen molar-refractivity contribution in [2.75, 3.05) is 6.66 Å². The molecular formula is C11H16NO3P. The number of rotatable bonds is 5. The van der Waals surface area contributed by atoms with E-state index in [1.807, 2.05) is 6.07 Å². The average molecular weight is 241 g/mol.